The Labute approximate surface area is 170 Å². The number of nitrogens with zero attached hydrogens (tertiary/aromatic N) is 2. The zero-order valence-corrected chi connectivity index (χ0v) is 17.0. The van der Waals surface area contributed by atoms with Gasteiger partial charge in [0.25, 0.3) is 0 Å². The molecule has 0 aliphatic rings. The lowest BCUT2D eigenvalue weighted by Gasteiger charge is -2.14. The summed E-state index contributed by atoms with van der Waals surface area (Å²) >= 11 is 0. The van der Waals surface area contributed by atoms with Crippen molar-refractivity contribution in [2.75, 3.05) is 13.7 Å². The van der Waals surface area contributed by atoms with E-state index in [9.17, 15) is 4.79 Å². The predicted octanol–water partition coefficient (Wildman–Crippen LogP) is 4.43. The van der Waals surface area contributed by atoms with Gasteiger partial charge >= 0.3 is 0 Å². The zero-order chi connectivity index (χ0) is 20.4. The van der Waals surface area contributed by atoms with Gasteiger partial charge in [-0.2, -0.15) is 0 Å². The van der Waals surface area contributed by atoms with Crippen LogP contribution in [-0.4, -0.2) is 29.1 Å². The maximum absolute atomic E-state index is 12.7. The van der Waals surface area contributed by atoms with Crippen LogP contribution >= 0.6 is 0 Å². The fourth-order valence-corrected chi connectivity index (χ4v) is 3.71. The molecule has 0 bridgehead atoms. The molecule has 0 spiro atoms. The number of aryl methyl sites for hydroxylation is 1. The molecule has 1 atom stereocenters. The van der Waals surface area contributed by atoms with Crippen molar-refractivity contribution >= 4 is 27.7 Å². The number of ether oxygens (including phenoxy) is 1. The van der Waals surface area contributed by atoms with E-state index < -0.39 is 0 Å². The molecule has 0 aliphatic carbocycles. The van der Waals surface area contributed by atoms with Crippen LogP contribution < -0.4 is 10.1 Å². The number of hydrogen-bond acceptors (Lipinski definition) is 3. The monoisotopic (exact) mass is 387 g/mol. The number of rotatable bonds is 6. The number of hydrogen-bond donors (Lipinski definition) is 1. The smallest absolute Gasteiger partial charge is 0.227 e. The van der Waals surface area contributed by atoms with Gasteiger partial charge in [-0.05, 0) is 54.4 Å². The minimum Gasteiger partial charge on any atom is -0.497 e. The molecular formula is C24H25N3O2. The second kappa shape index (κ2) is 7.95. The third kappa shape index (κ3) is 3.81. The van der Waals surface area contributed by atoms with Gasteiger partial charge in [0.15, 0.2) is 0 Å². The van der Waals surface area contributed by atoms with Crippen molar-refractivity contribution in [3.63, 3.8) is 0 Å². The van der Waals surface area contributed by atoms with Crippen molar-refractivity contribution in [2.45, 2.75) is 26.3 Å². The molecule has 1 heterocycles. The molecule has 5 nitrogen and oxygen atoms in total. The molecule has 1 amide bonds. The lowest BCUT2D eigenvalue weighted by Crippen LogP contribution is -2.31. The van der Waals surface area contributed by atoms with E-state index in [-0.39, 0.29) is 11.8 Å². The summed E-state index contributed by atoms with van der Waals surface area (Å²) in [6.07, 6.45) is 0. The molecule has 5 heteroatoms. The van der Waals surface area contributed by atoms with Gasteiger partial charge < -0.3 is 14.6 Å². The van der Waals surface area contributed by atoms with Crippen LogP contribution in [0.4, 0.5) is 0 Å². The normalized spacial score (nSPS) is 12.2. The first-order chi connectivity index (χ1) is 14.1. The van der Waals surface area contributed by atoms with E-state index in [4.69, 9.17) is 4.74 Å². The van der Waals surface area contributed by atoms with E-state index in [0.717, 1.165) is 38.9 Å². The summed E-state index contributed by atoms with van der Waals surface area (Å²) < 4.78 is 7.42. The number of nitrogens with one attached hydrogen (secondary N) is 1. The Hall–Kier alpha value is -3.34. The van der Waals surface area contributed by atoms with E-state index in [0.29, 0.717) is 13.1 Å². The third-order valence-corrected chi connectivity index (χ3v) is 5.44. The first kappa shape index (κ1) is 19.0. The summed E-state index contributed by atoms with van der Waals surface area (Å²) in [5.74, 6) is 1.60. The summed E-state index contributed by atoms with van der Waals surface area (Å²) in [4.78, 5) is 17.3. The van der Waals surface area contributed by atoms with Crippen molar-refractivity contribution in [3.8, 4) is 5.75 Å². The van der Waals surface area contributed by atoms with Crippen molar-refractivity contribution in [1.82, 2.24) is 14.9 Å². The number of imidazole rings is 1. The Morgan fingerprint density at radius 3 is 2.69 bits per heavy atom. The average Bonchev–Trinajstić information content (AvgIpc) is 3.07. The minimum atomic E-state index is -0.220. The number of fused-ring (bicyclic) bond motifs is 2. The number of benzene rings is 3. The Morgan fingerprint density at radius 2 is 1.86 bits per heavy atom. The molecule has 0 aliphatic heterocycles. The maximum atomic E-state index is 12.7. The number of amides is 1. The maximum Gasteiger partial charge on any atom is 0.227 e. The number of aromatic nitrogens is 2. The van der Waals surface area contributed by atoms with Crippen molar-refractivity contribution < 1.29 is 9.53 Å². The Bertz CT molecular complexity index is 1180. The van der Waals surface area contributed by atoms with Gasteiger partial charge in [0.05, 0.1) is 24.1 Å². The van der Waals surface area contributed by atoms with Crippen LogP contribution in [0.3, 0.4) is 0 Å². The van der Waals surface area contributed by atoms with Crippen LogP contribution in [0, 0.1) is 6.92 Å². The van der Waals surface area contributed by atoms with Gasteiger partial charge in [-0.15, -0.1) is 0 Å². The van der Waals surface area contributed by atoms with E-state index in [1.807, 2.05) is 62.4 Å². The van der Waals surface area contributed by atoms with Crippen molar-refractivity contribution in [2.24, 2.45) is 0 Å². The van der Waals surface area contributed by atoms with Crippen LogP contribution in [0.25, 0.3) is 21.8 Å². The molecule has 1 unspecified atom stereocenters. The highest BCUT2D eigenvalue weighted by molar-refractivity contribution is 5.88. The second-order valence-electron chi connectivity index (χ2n) is 7.28. The zero-order valence-electron chi connectivity index (χ0n) is 17.0. The summed E-state index contributed by atoms with van der Waals surface area (Å²) in [7, 11) is 1.66. The van der Waals surface area contributed by atoms with Gasteiger partial charge in [0.2, 0.25) is 5.91 Å². The van der Waals surface area contributed by atoms with Crippen LogP contribution in [0.15, 0.2) is 60.7 Å². The fraction of sp³-hybridized carbons (Fsp3) is 0.250. The molecule has 0 fully saturated rings. The molecule has 0 saturated heterocycles. The topological polar surface area (TPSA) is 56.1 Å². The van der Waals surface area contributed by atoms with E-state index >= 15 is 0 Å². The van der Waals surface area contributed by atoms with Gasteiger partial charge in [-0.25, -0.2) is 4.98 Å². The molecule has 1 aromatic heterocycles. The second-order valence-corrected chi connectivity index (χ2v) is 7.28. The molecular weight excluding hydrogens is 362 g/mol. The summed E-state index contributed by atoms with van der Waals surface area (Å²) in [6, 6.07) is 20.2. The van der Waals surface area contributed by atoms with Crippen LogP contribution in [0.1, 0.15) is 24.2 Å². The standard InChI is InChI=1S/C24H25N3O2/c1-16(18-8-9-20-15-21(29-3)11-10-19(20)14-18)24(28)25-12-13-27-17(2)26-22-6-4-5-7-23(22)27/h4-11,14-16H,12-13H2,1-3H3,(H,25,28). The summed E-state index contributed by atoms with van der Waals surface area (Å²) in [5, 5.41) is 5.27. The highest BCUT2D eigenvalue weighted by Crippen LogP contribution is 2.25. The SMILES string of the molecule is COc1ccc2cc(C(C)C(=O)NCCn3c(C)nc4ccccc43)ccc2c1. The molecule has 4 rings (SSSR count). The van der Waals surface area contributed by atoms with Gasteiger partial charge in [0, 0.05) is 13.1 Å². The predicted molar refractivity (Wildman–Crippen MR) is 116 cm³/mol. The van der Waals surface area contributed by atoms with Gasteiger partial charge in [-0.1, -0.05) is 36.4 Å². The van der Waals surface area contributed by atoms with E-state index in [1.54, 1.807) is 7.11 Å². The highest BCUT2D eigenvalue weighted by Gasteiger charge is 2.16. The van der Waals surface area contributed by atoms with Crippen LogP contribution in [0.2, 0.25) is 0 Å². The largest absolute Gasteiger partial charge is 0.497 e. The molecule has 29 heavy (non-hydrogen) atoms. The van der Waals surface area contributed by atoms with Crippen molar-refractivity contribution in [1.29, 1.82) is 0 Å². The fourth-order valence-electron chi connectivity index (χ4n) is 3.71. The lowest BCUT2D eigenvalue weighted by atomic mass is 9.97. The van der Waals surface area contributed by atoms with Crippen molar-refractivity contribution in [3.05, 3.63) is 72.1 Å². The van der Waals surface area contributed by atoms with Crippen LogP contribution in [0.5, 0.6) is 5.75 Å². The number of carbonyl (C=O) groups excluding carboxylic acids is 1. The molecule has 0 radical (unpaired) electrons. The highest BCUT2D eigenvalue weighted by atomic mass is 16.5. The Kier molecular flexibility index (Phi) is 5.21. The number of methoxy groups -OCH3 is 1. The third-order valence-electron chi connectivity index (χ3n) is 5.44. The molecule has 3 aromatic carbocycles. The quantitative estimate of drug-likeness (QED) is 0.533. The lowest BCUT2D eigenvalue weighted by molar-refractivity contribution is -0.122. The Morgan fingerprint density at radius 1 is 1.10 bits per heavy atom. The molecule has 1 N–H and O–H groups in total. The summed E-state index contributed by atoms with van der Waals surface area (Å²) in [6.45, 7) is 5.20. The van der Waals surface area contributed by atoms with E-state index in [2.05, 4.69) is 27.0 Å². The summed E-state index contributed by atoms with van der Waals surface area (Å²) in [5.41, 5.74) is 3.08. The first-order valence-electron chi connectivity index (χ1n) is 9.84. The average molecular weight is 387 g/mol. The molecule has 0 saturated carbocycles. The minimum absolute atomic E-state index is 0.0277. The molecule has 148 valence electrons. The van der Waals surface area contributed by atoms with Crippen LogP contribution in [-0.2, 0) is 11.3 Å². The van der Waals surface area contributed by atoms with E-state index in [1.165, 1.54) is 0 Å². The number of para-hydroxylation sites is 2. The number of carbonyl (C=O) groups is 1. The Balaban J connectivity index is 1.43. The van der Waals surface area contributed by atoms with Gasteiger partial charge in [0.1, 0.15) is 11.6 Å². The van der Waals surface area contributed by atoms with Gasteiger partial charge in [-0.3, -0.25) is 4.79 Å². The molecule has 4 aromatic rings. The first-order valence-corrected chi connectivity index (χ1v) is 9.84.